The standard InChI is InChI=1S/C20H19N.C18H14N2/c1-16(14-15-17-8-3-2-4-9-17)21-20-13-7-11-18-10-5-6-12-19(18)20;1-2-7-15(8-3-1)13-19-14-20-18-12-6-10-16-9-4-5-11-17(16)18/h2-13H,14-15H2,1H3;1-12H,13H2. The van der Waals surface area contributed by atoms with Crippen LogP contribution in [-0.2, 0) is 13.0 Å². The molecular formula is C38H33N3. The summed E-state index contributed by atoms with van der Waals surface area (Å²) < 4.78 is 0. The highest BCUT2D eigenvalue weighted by molar-refractivity contribution is 5.96. The number of benzene rings is 6. The lowest BCUT2D eigenvalue weighted by atomic mass is 10.1. The average molecular weight is 532 g/mol. The smallest absolute Gasteiger partial charge is 0.0952 e. The Morgan fingerprint density at radius 1 is 0.537 bits per heavy atom. The second-order valence-electron chi connectivity index (χ2n) is 9.84. The van der Waals surface area contributed by atoms with E-state index in [9.17, 15) is 0 Å². The summed E-state index contributed by atoms with van der Waals surface area (Å²) in [6.45, 7) is 2.72. The molecule has 0 N–H and O–H groups in total. The van der Waals surface area contributed by atoms with Crippen molar-refractivity contribution in [3.8, 4) is 0 Å². The van der Waals surface area contributed by atoms with E-state index in [1.807, 2.05) is 54.6 Å². The minimum Gasteiger partial charge on any atom is -0.257 e. The van der Waals surface area contributed by atoms with Crippen LogP contribution in [0, 0.1) is 0 Å². The van der Waals surface area contributed by atoms with Gasteiger partial charge in [-0.05, 0) is 53.8 Å². The van der Waals surface area contributed by atoms with Gasteiger partial charge >= 0.3 is 0 Å². The Morgan fingerprint density at radius 2 is 1.05 bits per heavy atom. The van der Waals surface area contributed by atoms with E-state index in [4.69, 9.17) is 4.99 Å². The monoisotopic (exact) mass is 531 g/mol. The molecule has 0 unspecified atom stereocenters. The van der Waals surface area contributed by atoms with Gasteiger partial charge in [-0.1, -0.05) is 133 Å². The average Bonchev–Trinajstić information content (AvgIpc) is 3.04. The number of hydrogen-bond donors (Lipinski definition) is 0. The Bertz CT molecular complexity index is 1790. The van der Waals surface area contributed by atoms with Crippen LogP contribution >= 0.6 is 0 Å². The molecule has 0 saturated carbocycles. The van der Waals surface area contributed by atoms with Gasteiger partial charge in [0, 0.05) is 16.5 Å². The van der Waals surface area contributed by atoms with Crippen molar-refractivity contribution in [1.29, 1.82) is 0 Å². The molecule has 41 heavy (non-hydrogen) atoms. The van der Waals surface area contributed by atoms with Gasteiger partial charge in [0.15, 0.2) is 0 Å². The summed E-state index contributed by atoms with van der Waals surface area (Å²) in [6, 6.07) is 52.4. The van der Waals surface area contributed by atoms with E-state index in [1.165, 1.54) is 27.4 Å². The fourth-order valence-corrected chi connectivity index (χ4v) is 4.64. The topological polar surface area (TPSA) is 37.1 Å². The van der Waals surface area contributed by atoms with Crippen LogP contribution in [0.25, 0.3) is 21.5 Å². The molecule has 0 aliphatic heterocycles. The van der Waals surface area contributed by atoms with Gasteiger partial charge in [0.05, 0.1) is 23.9 Å². The molecule has 0 heterocycles. The third kappa shape index (κ3) is 7.95. The number of hydrogen-bond acceptors (Lipinski definition) is 3. The highest BCUT2D eigenvalue weighted by Gasteiger charge is 2.01. The van der Waals surface area contributed by atoms with Crippen molar-refractivity contribution in [2.45, 2.75) is 26.3 Å². The van der Waals surface area contributed by atoms with Crippen molar-refractivity contribution < 1.29 is 0 Å². The molecule has 3 nitrogen and oxygen atoms in total. The maximum Gasteiger partial charge on any atom is 0.0952 e. The first-order valence-corrected chi connectivity index (χ1v) is 14.0. The molecule has 0 amide bonds. The Hall–Kier alpha value is -5.11. The molecule has 0 saturated heterocycles. The van der Waals surface area contributed by atoms with Gasteiger partial charge in [0.25, 0.3) is 0 Å². The lowest BCUT2D eigenvalue weighted by molar-refractivity contribution is 1.03. The van der Waals surface area contributed by atoms with Crippen LogP contribution in [0.15, 0.2) is 161 Å². The third-order valence-corrected chi connectivity index (χ3v) is 6.81. The van der Waals surface area contributed by atoms with Crippen molar-refractivity contribution in [3.05, 3.63) is 157 Å². The summed E-state index contributed by atoms with van der Waals surface area (Å²) in [4.78, 5) is 13.4. The number of fused-ring (bicyclic) bond motifs is 2. The highest BCUT2D eigenvalue weighted by atomic mass is 14.8. The molecule has 0 aliphatic rings. The Kier molecular flexibility index (Phi) is 9.59. The molecule has 0 radical (unpaired) electrons. The quantitative estimate of drug-likeness (QED) is 0.184. The van der Waals surface area contributed by atoms with Gasteiger partial charge in [-0.2, -0.15) is 4.99 Å². The second kappa shape index (κ2) is 14.3. The van der Waals surface area contributed by atoms with E-state index in [0.29, 0.717) is 6.54 Å². The van der Waals surface area contributed by atoms with Crippen LogP contribution in [0.5, 0.6) is 0 Å². The molecule has 0 fully saturated rings. The SMILES string of the molecule is C(=NCc1ccccc1)=Nc1cccc2ccccc12.CC(CCc1ccccc1)=Nc1cccc2ccccc12. The number of aliphatic imine (C=N–C) groups is 3. The van der Waals surface area contributed by atoms with Gasteiger partial charge in [0.1, 0.15) is 0 Å². The van der Waals surface area contributed by atoms with Gasteiger partial charge in [-0.3, -0.25) is 4.99 Å². The van der Waals surface area contributed by atoms with Gasteiger partial charge in [0.2, 0.25) is 0 Å². The summed E-state index contributed by atoms with van der Waals surface area (Å²) in [5, 5.41) is 4.77. The van der Waals surface area contributed by atoms with Crippen LogP contribution in [0.4, 0.5) is 11.4 Å². The maximum atomic E-state index is 4.82. The molecule has 3 heteroatoms. The molecule has 0 aromatic heterocycles. The summed E-state index contributed by atoms with van der Waals surface area (Å²) in [5.41, 5.74) is 5.67. The van der Waals surface area contributed by atoms with Crippen molar-refractivity contribution in [2.75, 3.05) is 0 Å². The normalized spacial score (nSPS) is 10.9. The minimum atomic E-state index is 0.606. The number of nitrogens with zero attached hydrogens (tertiary/aromatic N) is 3. The molecule has 0 aliphatic carbocycles. The first kappa shape index (κ1) is 27.5. The fraction of sp³-hybridized carbons (Fsp3) is 0.105. The molecular weight excluding hydrogens is 498 g/mol. The summed E-state index contributed by atoms with van der Waals surface area (Å²) in [5.74, 6) is 0. The minimum absolute atomic E-state index is 0.606. The molecule has 6 rings (SSSR count). The predicted octanol–water partition coefficient (Wildman–Crippen LogP) is 10.4. The maximum absolute atomic E-state index is 4.82. The van der Waals surface area contributed by atoms with E-state index in [0.717, 1.165) is 35.2 Å². The summed E-state index contributed by atoms with van der Waals surface area (Å²) >= 11 is 0. The van der Waals surface area contributed by atoms with E-state index >= 15 is 0 Å². The molecule has 0 bridgehead atoms. The highest BCUT2D eigenvalue weighted by Crippen LogP contribution is 2.26. The van der Waals surface area contributed by atoms with E-state index in [2.05, 4.69) is 114 Å². The van der Waals surface area contributed by atoms with E-state index in [1.54, 1.807) is 0 Å². The predicted molar refractivity (Wildman–Crippen MR) is 175 cm³/mol. The van der Waals surface area contributed by atoms with Crippen molar-refractivity contribution in [2.24, 2.45) is 15.0 Å². The lowest BCUT2D eigenvalue weighted by Gasteiger charge is -2.05. The largest absolute Gasteiger partial charge is 0.257 e. The van der Waals surface area contributed by atoms with Gasteiger partial charge < -0.3 is 0 Å². The van der Waals surface area contributed by atoms with Gasteiger partial charge in [-0.25, -0.2) is 4.99 Å². The zero-order valence-electron chi connectivity index (χ0n) is 23.3. The van der Waals surface area contributed by atoms with E-state index < -0.39 is 0 Å². The molecule has 6 aromatic rings. The van der Waals surface area contributed by atoms with Gasteiger partial charge in [-0.15, -0.1) is 0 Å². The molecule has 0 spiro atoms. The van der Waals surface area contributed by atoms with Crippen molar-refractivity contribution in [1.82, 2.24) is 0 Å². The molecule has 0 atom stereocenters. The summed E-state index contributed by atoms with van der Waals surface area (Å²) in [7, 11) is 0. The summed E-state index contributed by atoms with van der Waals surface area (Å²) in [6.07, 6.45) is 2.04. The lowest BCUT2D eigenvalue weighted by Crippen LogP contribution is -1.94. The Labute approximate surface area is 242 Å². The second-order valence-corrected chi connectivity index (χ2v) is 9.84. The van der Waals surface area contributed by atoms with E-state index in [-0.39, 0.29) is 0 Å². The number of rotatable bonds is 7. The zero-order chi connectivity index (χ0) is 28.1. The van der Waals surface area contributed by atoms with Crippen LogP contribution in [0.1, 0.15) is 24.5 Å². The fourth-order valence-electron chi connectivity index (χ4n) is 4.64. The number of aryl methyl sites for hydroxylation is 1. The van der Waals surface area contributed by atoms with Crippen LogP contribution in [0.3, 0.4) is 0 Å². The van der Waals surface area contributed by atoms with Crippen molar-refractivity contribution in [3.63, 3.8) is 0 Å². The molecule has 6 aromatic carbocycles. The Morgan fingerprint density at radius 3 is 1.71 bits per heavy atom. The zero-order valence-corrected chi connectivity index (χ0v) is 23.3. The first-order chi connectivity index (χ1) is 20.3. The third-order valence-electron chi connectivity index (χ3n) is 6.81. The first-order valence-electron chi connectivity index (χ1n) is 14.0. The Balaban J connectivity index is 0.000000165. The van der Waals surface area contributed by atoms with Crippen LogP contribution < -0.4 is 0 Å². The molecule has 200 valence electrons. The van der Waals surface area contributed by atoms with Crippen LogP contribution in [-0.4, -0.2) is 11.7 Å². The van der Waals surface area contributed by atoms with Crippen LogP contribution in [0.2, 0.25) is 0 Å². The van der Waals surface area contributed by atoms with Crippen molar-refractivity contribution >= 4 is 44.6 Å².